The first-order chi connectivity index (χ1) is 10.2. The fourth-order valence-corrected chi connectivity index (χ4v) is 2.21. The van der Waals surface area contributed by atoms with Gasteiger partial charge >= 0.3 is 6.03 Å². The molecule has 0 radical (unpaired) electrons. The minimum absolute atomic E-state index is 0.0952. The van der Waals surface area contributed by atoms with Gasteiger partial charge in [0.25, 0.3) is 0 Å². The molecule has 5 nitrogen and oxygen atoms in total. The molecule has 0 fully saturated rings. The molecule has 1 heterocycles. The van der Waals surface area contributed by atoms with Crippen molar-refractivity contribution in [3.05, 3.63) is 54.6 Å². The predicted molar refractivity (Wildman–Crippen MR) is 81.0 cm³/mol. The highest BCUT2D eigenvalue weighted by Gasteiger charge is 2.14. The highest BCUT2D eigenvalue weighted by molar-refractivity contribution is 6.00. The maximum Gasteiger partial charge on any atom is 0.333 e. The Hall–Kier alpha value is -2.95. The molecule has 2 N–H and O–H groups in total. The van der Waals surface area contributed by atoms with Gasteiger partial charge in [0.2, 0.25) is 0 Å². The van der Waals surface area contributed by atoms with Crippen LogP contribution in [0.2, 0.25) is 0 Å². The van der Waals surface area contributed by atoms with E-state index in [1.165, 1.54) is 4.57 Å². The highest BCUT2D eigenvalue weighted by atomic mass is 16.5. The maximum atomic E-state index is 12.3. The first kappa shape index (κ1) is 13.1. The zero-order chi connectivity index (χ0) is 14.8. The summed E-state index contributed by atoms with van der Waals surface area (Å²) in [5.41, 5.74) is 1.28. The summed E-state index contributed by atoms with van der Waals surface area (Å²) >= 11 is 0. The van der Waals surface area contributed by atoms with Gasteiger partial charge in [-0.1, -0.05) is 18.2 Å². The Bertz CT molecular complexity index is 791. The number of hydrogen-bond donors (Lipinski definition) is 2. The number of carbonyl (C=O) groups excluding carboxylic acids is 1. The van der Waals surface area contributed by atoms with Gasteiger partial charge in [-0.25, -0.2) is 9.36 Å². The number of methoxy groups -OCH3 is 1. The van der Waals surface area contributed by atoms with Crippen molar-refractivity contribution in [1.29, 1.82) is 0 Å². The van der Waals surface area contributed by atoms with E-state index < -0.39 is 6.03 Å². The summed E-state index contributed by atoms with van der Waals surface area (Å²) in [4.78, 5) is 12.3. The number of anilines is 1. The number of carbonyl (C=O) groups is 1. The number of fused-ring (bicyclic) bond motifs is 1. The molecule has 5 heteroatoms. The molecule has 0 bridgehead atoms. The Morgan fingerprint density at radius 2 is 1.86 bits per heavy atom. The fourth-order valence-electron chi connectivity index (χ4n) is 2.21. The van der Waals surface area contributed by atoms with Gasteiger partial charge in [0, 0.05) is 17.1 Å². The first-order valence-corrected chi connectivity index (χ1v) is 6.44. The zero-order valence-corrected chi connectivity index (χ0v) is 11.4. The summed E-state index contributed by atoms with van der Waals surface area (Å²) in [5, 5.41) is 13.5. The molecule has 3 rings (SSSR count). The van der Waals surface area contributed by atoms with E-state index in [1.807, 2.05) is 18.2 Å². The van der Waals surface area contributed by atoms with Crippen molar-refractivity contribution in [2.45, 2.75) is 0 Å². The lowest BCUT2D eigenvalue weighted by molar-refractivity contribution is 0.251. The van der Waals surface area contributed by atoms with Crippen LogP contribution in [-0.2, 0) is 0 Å². The van der Waals surface area contributed by atoms with Crippen molar-refractivity contribution in [1.82, 2.24) is 4.57 Å². The van der Waals surface area contributed by atoms with E-state index in [9.17, 15) is 9.90 Å². The SMILES string of the molecule is COc1ccc(NC(=O)n2c(O)cc3ccccc32)cc1. The van der Waals surface area contributed by atoms with Gasteiger partial charge in [0.1, 0.15) is 5.75 Å². The molecule has 2 aromatic carbocycles. The summed E-state index contributed by atoms with van der Waals surface area (Å²) in [7, 11) is 1.58. The summed E-state index contributed by atoms with van der Waals surface area (Å²) in [6.07, 6.45) is 0. The van der Waals surface area contributed by atoms with Crippen LogP contribution in [0.25, 0.3) is 10.9 Å². The van der Waals surface area contributed by atoms with Crippen LogP contribution < -0.4 is 10.1 Å². The molecule has 3 aromatic rings. The van der Waals surface area contributed by atoms with E-state index in [-0.39, 0.29) is 5.88 Å². The van der Waals surface area contributed by atoms with Crippen LogP contribution in [0.1, 0.15) is 0 Å². The lowest BCUT2D eigenvalue weighted by Crippen LogP contribution is -2.18. The third-order valence-corrected chi connectivity index (χ3v) is 3.24. The van der Waals surface area contributed by atoms with Gasteiger partial charge in [-0.2, -0.15) is 0 Å². The Kier molecular flexibility index (Phi) is 3.23. The predicted octanol–water partition coefficient (Wildman–Crippen LogP) is 3.44. The van der Waals surface area contributed by atoms with Crippen LogP contribution in [0.15, 0.2) is 54.6 Å². The number of rotatable bonds is 2. The smallest absolute Gasteiger partial charge is 0.333 e. The Balaban J connectivity index is 1.91. The number of nitrogens with zero attached hydrogens (tertiary/aromatic N) is 1. The highest BCUT2D eigenvalue weighted by Crippen LogP contribution is 2.25. The second kappa shape index (κ2) is 5.20. The van der Waals surface area contributed by atoms with E-state index in [4.69, 9.17) is 4.74 Å². The van der Waals surface area contributed by atoms with Crippen LogP contribution in [-0.4, -0.2) is 22.8 Å². The molecule has 0 atom stereocenters. The van der Waals surface area contributed by atoms with Crippen LogP contribution in [0.4, 0.5) is 10.5 Å². The standard InChI is InChI=1S/C16H14N2O3/c1-21-13-8-6-12(7-9-13)17-16(20)18-14-5-3-2-4-11(14)10-15(18)19/h2-10,19H,1H3,(H,17,20). The van der Waals surface area contributed by atoms with Crippen molar-refractivity contribution in [3.63, 3.8) is 0 Å². The monoisotopic (exact) mass is 282 g/mol. The zero-order valence-electron chi connectivity index (χ0n) is 11.4. The molecule has 21 heavy (non-hydrogen) atoms. The lowest BCUT2D eigenvalue weighted by atomic mass is 10.2. The van der Waals surface area contributed by atoms with E-state index in [0.717, 1.165) is 5.39 Å². The molecule has 0 unspecified atom stereocenters. The van der Waals surface area contributed by atoms with E-state index in [1.54, 1.807) is 43.5 Å². The third-order valence-electron chi connectivity index (χ3n) is 3.24. The summed E-state index contributed by atoms with van der Waals surface area (Å²) in [5.74, 6) is 0.615. The molecule has 0 aliphatic rings. The molecule has 1 aromatic heterocycles. The molecular formula is C16H14N2O3. The molecule has 0 saturated heterocycles. The molecule has 0 aliphatic heterocycles. The van der Waals surface area contributed by atoms with Gasteiger partial charge < -0.3 is 15.2 Å². The van der Waals surface area contributed by atoms with E-state index >= 15 is 0 Å². The number of hydrogen-bond acceptors (Lipinski definition) is 3. The largest absolute Gasteiger partial charge is 0.497 e. The fraction of sp³-hybridized carbons (Fsp3) is 0.0625. The van der Waals surface area contributed by atoms with Crippen LogP contribution in [0.3, 0.4) is 0 Å². The van der Waals surface area contributed by atoms with Crippen molar-refractivity contribution in [3.8, 4) is 11.6 Å². The number of para-hydroxylation sites is 1. The van der Waals surface area contributed by atoms with Crippen LogP contribution in [0, 0.1) is 0 Å². The molecule has 1 amide bonds. The van der Waals surface area contributed by atoms with Crippen molar-refractivity contribution in [2.75, 3.05) is 12.4 Å². The van der Waals surface area contributed by atoms with Gasteiger partial charge in [0.05, 0.1) is 12.6 Å². The Morgan fingerprint density at radius 1 is 1.14 bits per heavy atom. The number of benzene rings is 2. The third kappa shape index (κ3) is 2.41. The maximum absolute atomic E-state index is 12.3. The normalized spacial score (nSPS) is 10.5. The minimum Gasteiger partial charge on any atom is -0.497 e. The number of aromatic nitrogens is 1. The van der Waals surface area contributed by atoms with Crippen LogP contribution >= 0.6 is 0 Å². The average molecular weight is 282 g/mol. The molecular weight excluding hydrogens is 268 g/mol. The van der Waals surface area contributed by atoms with Gasteiger partial charge in [-0.05, 0) is 30.3 Å². The number of ether oxygens (including phenoxy) is 1. The average Bonchev–Trinajstić information content (AvgIpc) is 2.83. The Morgan fingerprint density at radius 3 is 2.57 bits per heavy atom. The summed E-state index contributed by atoms with van der Waals surface area (Å²) in [6.45, 7) is 0. The lowest BCUT2D eigenvalue weighted by Gasteiger charge is -2.08. The topological polar surface area (TPSA) is 63.5 Å². The van der Waals surface area contributed by atoms with Crippen molar-refractivity contribution < 1.29 is 14.6 Å². The number of nitrogens with one attached hydrogen (secondary N) is 1. The number of aromatic hydroxyl groups is 1. The molecule has 0 saturated carbocycles. The van der Waals surface area contributed by atoms with Crippen LogP contribution in [0.5, 0.6) is 11.6 Å². The van der Waals surface area contributed by atoms with Crippen molar-refractivity contribution in [2.24, 2.45) is 0 Å². The minimum atomic E-state index is -0.418. The summed E-state index contributed by atoms with van der Waals surface area (Å²) < 4.78 is 6.30. The van der Waals surface area contributed by atoms with Crippen molar-refractivity contribution >= 4 is 22.6 Å². The number of amides is 1. The second-order valence-corrected chi connectivity index (χ2v) is 4.56. The molecule has 106 valence electrons. The first-order valence-electron chi connectivity index (χ1n) is 6.44. The molecule has 0 aliphatic carbocycles. The van der Waals surface area contributed by atoms with Gasteiger partial charge in [0.15, 0.2) is 5.88 Å². The quantitative estimate of drug-likeness (QED) is 0.756. The van der Waals surface area contributed by atoms with E-state index in [2.05, 4.69) is 5.32 Å². The summed E-state index contributed by atoms with van der Waals surface area (Å²) in [6, 6.07) is 15.4. The molecule has 0 spiro atoms. The van der Waals surface area contributed by atoms with Gasteiger partial charge in [-0.3, -0.25) is 0 Å². The Labute approximate surface area is 121 Å². The second-order valence-electron chi connectivity index (χ2n) is 4.56. The van der Waals surface area contributed by atoms with E-state index in [0.29, 0.717) is 17.0 Å². The van der Waals surface area contributed by atoms with Gasteiger partial charge in [-0.15, -0.1) is 0 Å².